The summed E-state index contributed by atoms with van der Waals surface area (Å²) in [6.07, 6.45) is -3.27. The summed E-state index contributed by atoms with van der Waals surface area (Å²) in [5.41, 5.74) is -4.41. The summed E-state index contributed by atoms with van der Waals surface area (Å²) in [5, 5.41) is 28.7. The number of hydrogen-bond donors (Lipinski definition) is 3. The molecule has 0 saturated carbocycles. The van der Waals surface area contributed by atoms with E-state index in [0.717, 1.165) is 20.8 Å². The van der Waals surface area contributed by atoms with Crippen molar-refractivity contribution in [1.82, 2.24) is 0 Å². The van der Waals surface area contributed by atoms with Crippen LogP contribution in [0.15, 0.2) is 0 Å². The van der Waals surface area contributed by atoms with Crippen LogP contribution in [0.2, 0.25) is 0 Å². The van der Waals surface area contributed by atoms with Gasteiger partial charge in [-0.1, -0.05) is 0 Å². The van der Waals surface area contributed by atoms with Crippen molar-refractivity contribution in [3.05, 3.63) is 0 Å². The van der Waals surface area contributed by atoms with E-state index < -0.39 is 91.0 Å². The monoisotopic (exact) mass is 386 g/mol. The van der Waals surface area contributed by atoms with Crippen LogP contribution >= 0.6 is 0 Å². The Morgan fingerprint density at radius 2 is 0.852 bits per heavy atom. The Balaban J connectivity index is 6.61. The van der Waals surface area contributed by atoms with Gasteiger partial charge in [0, 0.05) is 5.41 Å². The average molecular weight is 386 g/mol. The van der Waals surface area contributed by atoms with E-state index in [0.29, 0.717) is 0 Å². The van der Waals surface area contributed by atoms with Crippen LogP contribution in [0.3, 0.4) is 0 Å². The van der Waals surface area contributed by atoms with Crippen LogP contribution in [0.5, 0.6) is 0 Å². The Hall–Kier alpha value is -2.10. The van der Waals surface area contributed by atoms with Crippen molar-refractivity contribution < 1.29 is 44.1 Å². The van der Waals surface area contributed by atoms with Gasteiger partial charge in [-0.25, -0.2) is 0 Å². The Bertz CT molecular complexity index is 551. The minimum Gasteiger partial charge on any atom is -0.396 e. The molecule has 0 unspecified atom stereocenters. The second kappa shape index (κ2) is 10.3. The number of aliphatic hydroxyl groups excluding tert-OH is 3. The molecular formula is C18H26O9. The van der Waals surface area contributed by atoms with E-state index in [-0.39, 0.29) is 0 Å². The molecule has 0 radical (unpaired) electrons. The van der Waals surface area contributed by atoms with E-state index in [9.17, 15) is 44.1 Å². The van der Waals surface area contributed by atoms with Crippen LogP contribution in [-0.2, 0) is 28.8 Å². The molecule has 0 saturated heterocycles. The molecule has 27 heavy (non-hydrogen) atoms. The van der Waals surface area contributed by atoms with Crippen molar-refractivity contribution >= 4 is 34.7 Å². The number of aliphatic hydroxyl groups is 3. The molecule has 0 aromatic heterocycles. The third-order valence-corrected chi connectivity index (χ3v) is 4.30. The van der Waals surface area contributed by atoms with Crippen molar-refractivity contribution in [2.75, 3.05) is 19.8 Å². The van der Waals surface area contributed by atoms with E-state index in [1.54, 1.807) is 0 Å². The Morgan fingerprint density at radius 3 is 1.04 bits per heavy atom. The SMILES string of the molecule is CC(=O)CC(=O)C(CC(CO)(CO)CO)(C(=O)CC(C)=O)C(=O)CC(C)=O. The van der Waals surface area contributed by atoms with Crippen LogP contribution in [0, 0.1) is 10.8 Å². The quantitative estimate of drug-likeness (QED) is 0.317. The molecule has 0 rings (SSSR count). The van der Waals surface area contributed by atoms with Gasteiger partial charge in [-0.15, -0.1) is 0 Å². The molecule has 0 bridgehead atoms. The molecule has 0 atom stereocenters. The lowest BCUT2D eigenvalue weighted by molar-refractivity contribution is -0.154. The van der Waals surface area contributed by atoms with Gasteiger partial charge in [0.15, 0.2) is 17.3 Å². The zero-order chi connectivity index (χ0) is 21.4. The van der Waals surface area contributed by atoms with Gasteiger partial charge in [0.05, 0.1) is 39.1 Å². The van der Waals surface area contributed by atoms with Crippen LogP contribution in [0.1, 0.15) is 46.5 Å². The molecule has 0 aliphatic rings. The number of carbonyl (C=O) groups excluding carboxylic acids is 6. The third kappa shape index (κ3) is 6.23. The van der Waals surface area contributed by atoms with Gasteiger partial charge < -0.3 is 15.3 Å². The minimum absolute atomic E-state index is 0.654. The first-order valence-electron chi connectivity index (χ1n) is 8.31. The third-order valence-electron chi connectivity index (χ3n) is 4.30. The molecule has 0 aromatic rings. The smallest absolute Gasteiger partial charge is 0.161 e. The highest BCUT2D eigenvalue weighted by atomic mass is 16.3. The van der Waals surface area contributed by atoms with Crippen LogP contribution in [-0.4, -0.2) is 69.8 Å². The Kier molecular flexibility index (Phi) is 9.49. The van der Waals surface area contributed by atoms with Crippen LogP contribution in [0.25, 0.3) is 0 Å². The van der Waals surface area contributed by atoms with E-state index in [1.165, 1.54) is 0 Å². The van der Waals surface area contributed by atoms with Gasteiger partial charge >= 0.3 is 0 Å². The number of Topliss-reactive ketones (excluding diaryl/α,β-unsaturated/α-hetero) is 6. The summed E-state index contributed by atoms with van der Waals surface area (Å²) in [6.45, 7) is 0.544. The molecule has 152 valence electrons. The highest BCUT2D eigenvalue weighted by Crippen LogP contribution is 2.39. The normalized spacial score (nSPS) is 11.8. The van der Waals surface area contributed by atoms with Gasteiger partial charge in [0.2, 0.25) is 0 Å². The largest absolute Gasteiger partial charge is 0.396 e. The number of hydrogen-bond acceptors (Lipinski definition) is 9. The predicted molar refractivity (Wildman–Crippen MR) is 91.7 cm³/mol. The zero-order valence-corrected chi connectivity index (χ0v) is 15.7. The maximum atomic E-state index is 12.8. The predicted octanol–water partition coefficient (Wildman–Crippen LogP) is -1.03. The number of ketones is 6. The van der Waals surface area contributed by atoms with Gasteiger partial charge in [0.1, 0.15) is 22.8 Å². The lowest BCUT2D eigenvalue weighted by Gasteiger charge is -2.38. The number of rotatable bonds is 14. The first-order valence-corrected chi connectivity index (χ1v) is 8.31. The lowest BCUT2D eigenvalue weighted by atomic mass is 9.62. The topological polar surface area (TPSA) is 163 Å². The van der Waals surface area contributed by atoms with E-state index in [2.05, 4.69) is 0 Å². The maximum absolute atomic E-state index is 12.8. The molecule has 0 aliphatic heterocycles. The first kappa shape index (κ1) is 24.9. The van der Waals surface area contributed by atoms with Crippen molar-refractivity contribution in [3.63, 3.8) is 0 Å². The van der Waals surface area contributed by atoms with Crippen LogP contribution < -0.4 is 0 Å². The molecule has 0 heterocycles. The van der Waals surface area contributed by atoms with E-state index in [4.69, 9.17) is 0 Å². The molecule has 9 heteroatoms. The summed E-state index contributed by atoms with van der Waals surface area (Å²) < 4.78 is 0. The second-order valence-electron chi connectivity index (χ2n) is 6.96. The van der Waals surface area contributed by atoms with Gasteiger partial charge in [-0.3, -0.25) is 28.8 Å². The Morgan fingerprint density at radius 1 is 0.593 bits per heavy atom. The van der Waals surface area contributed by atoms with Gasteiger partial charge in [0.25, 0.3) is 0 Å². The fraction of sp³-hybridized carbons (Fsp3) is 0.667. The van der Waals surface area contributed by atoms with E-state index >= 15 is 0 Å². The molecule has 0 fully saturated rings. The van der Waals surface area contributed by atoms with Crippen molar-refractivity contribution in [3.8, 4) is 0 Å². The van der Waals surface area contributed by atoms with Gasteiger partial charge in [-0.05, 0) is 27.2 Å². The fourth-order valence-corrected chi connectivity index (χ4v) is 2.77. The highest BCUT2D eigenvalue weighted by Gasteiger charge is 2.55. The molecule has 0 amide bonds. The maximum Gasteiger partial charge on any atom is 0.161 e. The molecule has 3 N–H and O–H groups in total. The molecule has 0 aliphatic carbocycles. The molecular weight excluding hydrogens is 360 g/mol. The fourth-order valence-electron chi connectivity index (χ4n) is 2.77. The standard InChI is InChI=1S/C18H26O9/c1-11(22)4-14(25)18(15(26)5-12(2)23,16(27)6-13(3)24)7-17(8-19,9-20)10-21/h19-21H,4-10H2,1-3H3. The summed E-state index contributed by atoms with van der Waals surface area (Å²) >= 11 is 0. The molecule has 0 aromatic carbocycles. The van der Waals surface area contributed by atoms with Crippen molar-refractivity contribution in [2.45, 2.75) is 46.5 Å². The average Bonchev–Trinajstić information content (AvgIpc) is 2.54. The van der Waals surface area contributed by atoms with Crippen molar-refractivity contribution in [2.24, 2.45) is 10.8 Å². The number of carbonyl (C=O) groups is 6. The summed E-state index contributed by atoms with van der Waals surface area (Å²) in [5.74, 6) is -5.36. The lowest BCUT2D eigenvalue weighted by Crippen LogP contribution is -2.53. The zero-order valence-electron chi connectivity index (χ0n) is 15.7. The van der Waals surface area contributed by atoms with Crippen LogP contribution in [0.4, 0.5) is 0 Å². The molecule has 9 nitrogen and oxygen atoms in total. The summed E-state index contributed by atoms with van der Waals surface area (Å²) in [6, 6.07) is 0. The summed E-state index contributed by atoms with van der Waals surface area (Å²) in [7, 11) is 0. The van der Waals surface area contributed by atoms with Gasteiger partial charge in [-0.2, -0.15) is 0 Å². The second-order valence-corrected chi connectivity index (χ2v) is 6.96. The summed E-state index contributed by atoms with van der Waals surface area (Å²) in [4.78, 5) is 72.8. The Labute approximate surface area is 156 Å². The van der Waals surface area contributed by atoms with E-state index in [1.807, 2.05) is 0 Å². The molecule has 0 spiro atoms. The minimum atomic E-state index is -2.60. The first-order chi connectivity index (χ1) is 12.4. The van der Waals surface area contributed by atoms with Crippen molar-refractivity contribution in [1.29, 1.82) is 0 Å². The highest BCUT2D eigenvalue weighted by molar-refractivity contribution is 6.30.